The summed E-state index contributed by atoms with van der Waals surface area (Å²) in [5.74, 6) is 1.91. The Balaban J connectivity index is 0.958. The molecular weight excluding hydrogens is 771 g/mol. The molecule has 0 saturated heterocycles. The molecular formula is C58H35N3S. The van der Waals surface area contributed by atoms with E-state index in [0.717, 1.165) is 33.4 Å². The van der Waals surface area contributed by atoms with E-state index in [0.29, 0.717) is 17.5 Å². The maximum absolute atomic E-state index is 5.30. The van der Waals surface area contributed by atoms with Gasteiger partial charge in [-0.05, 0) is 91.0 Å². The summed E-state index contributed by atoms with van der Waals surface area (Å²) in [6.45, 7) is 0. The summed E-state index contributed by atoms with van der Waals surface area (Å²) in [5.41, 5.74) is 17.4. The summed E-state index contributed by atoms with van der Waals surface area (Å²) in [5, 5.41) is 2.60. The van der Waals surface area contributed by atoms with Gasteiger partial charge in [-0.15, -0.1) is 11.3 Å². The van der Waals surface area contributed by atoms with Gasteiger partial charge in [0.1, 0.15) is 0 Å². The zero-order chi connectivity index (χ0) is 40.8. The molecule has 11 aromatic rings. The lowest BCUT2D eigenvalue weighted by atomic mass is 9.70. The van der Waals surface area contributed by atoms with Crippen LogP contribution in [0.1, 0.15) is 22.3 Å². The van der Waals surface area contributed by atoms with E-state index in [1.807, 2.05) is 29.5 Å². The van der Waals surface area contributed by atoms with Crippen molar-refractivity contribution < 1.29 is 0 Å². The highest BCUT2D eigenvalue weighted by atomic mass is 32.1. The van der Waals surface area contributed by atoms with Crippen LogP contribution in [0, 0.1) is 0 Å². The Morgan fingerprint density at radius 3 is 1.52 bits per heavy atom. The van der Waals surface area contributed by atoms with Gasteiger partial charge >= 0.3 is 0 Å². The van der Waals surface area contributed by atoms with Crippen molar-refractivity contribution in [3.05, 3.63) is 235 Å². The molecule has 9 aromatic carbocycles. The van der Waals surface area contributed by atoms with Crippen molar-refractivity contribution in [2.75, 3.05) is 0 Å². The Morgan fingerprint density at radius 1 is 0.274 bits per heavy atom. The summed E-state index contributed by atoms with van der Waals surface area (Å²) >= 11 is 1.84. The van der Waals surface area contributed by atoms with Crippen molar-refractivity contribution in [3.63, 3.8) is 0 Å². The number of hydrogen-bond donors (Lipinski definition) is 0. The SMILES string of the molecule is c1ccc(-c2nc(-c3cccc(-c4ccc5c(c4)sc4ccccc45)c3)nc(-c3ccccc3-c3ccc4c(c3)-c3ccccc3C43c4ccccc4-c4ccccc43)n2)cc1. The molecule has 0 bridgehead atoms. The molecule has 0 unspecified atom stereocenters. The minimum absolute atomic E-state index is 0.386. The number of nitrogens with zero attached hydrogens (tertiary/aromatic N) is 3. The predicted molar refractivity (Wildman–Crippen MR) is 256 cm³/mol. The molecule has 288 valence electrons. The van der Waals surface area contributed by atoms with Gasteiger partial charge in [-0.3, -0.25) is 0 Å². The van der Waals surface area contributed by atoms with Crippen LogP contribution in [0.3, 0.4) is 0 Å². The molecule has 0 aliphatic heterocycles. The van der Waals surface area contributed by atoms with E-state index in [4.69, 9.17) is 15.0 Å². The van der Waals surface area contributed by atoms with E-state index >= 15 is 0 Å². The molecule has 62 heavy (non-hydrogen) atoms. The highest BCUT2D eigenvalue weighted by molar-refractivity contribution is 7.25. The molecule has 13 rings (SSSR count). The standard InChI is InChI=1S/C58H35N3S/c1-2-15-36(16-3-1)55-59-56(40-18-14-17-37(33-40)38-29-31-46-45-23-9-13-28-53(45)62-54(46)35-38)61-57(60-55)47-24-5-4-19-41(47)39-30-32-52-48(34-39)44-22-8-12-27-51(44)58(52)49-25-10-6-20-42(49)43-21-7-11-26-50(43)58/h1-35H. The van der Waals surface area contributed by atoms with E-state index in [-0.39, 0.29) is 5.41 Å². The van der Waals surface area contributed by atoms with Gasteiger partial charge < -0.3 is 0 Å². The van der Waals surface area contributed by atoms with E-state index < -0.39 is 0 Å². The first-order valence-corrected chi connectivity index (χ1v) is 21.9. The first-order chi connectivity index (χ1) is 30.7. The van der Waals surface area contributed by atoms with Crippen LogP contribution < -0.4 is 0 Å². The Bertz CT molecular complexity index is 3560. The third kappa shape index (κ3) is 5.14. The zero-order valence-corrected chi connectivity index (χ0v) is 34.3. The van der Waals surface area contributed by atoms with Crippen LogP contribution >= 0.6 is 11.3 Å². The number of fused-ring (bicyclic) bond motifs is 13. The maximum Gasteiger partial charge on any atom is 0.164 e. The molecule has 2 aromatic heterocycles. The average molecular weight is 806 g/mol. The summed E-state index contributed by atoms with van der Waals surface area (Å²) in [6.07, 6.45) is 0. The van der Waals surface area contributed by atoms with Crippen LogP contribution in [-0.2, 0) is 5.41 Å². The summed E-state index contributed by atoms with van der Waals surface area (Å²) in [4.78, 5) is 15.7. The van der Waals surface area contributed by atoms with Crippen LogP contribution in [-0.4, -0.2) is 15.0 Å². The fourth-order valence-corrected chi connectivity index (χ4v) is 11.4. The summed E-state index contributed by atoms with van der Waals surface area (Å²) in [7, 11) is 0. The Labute approximate surface area is 363 Å². The van der Waals surface area contributed by atoms with Gasteiger partial charge in [0.25, 0.3) is 0 Å². The molecule has 0 saturated carbocycles. The summed E-state index contributed by atoms with van der Waals surface area (Å²) < 4.78 is 2.58. The molecule has 0 radical (unpaired) electrons. The Morgan fingerprint density at radius 2 is 0.774 bits per heavy atom. The van der Waals surface area contributed by atoms with Crippen LogP contribution in [0.4, 0.5) is 0 Å². The second-order valence-corrected chi connectivity index (χ2v) is 17.3. The molecule has 0 atom stereocenters. The molecule has 0 amide bonds. The first kappa shape index (κ1) is 35.0. The fourth-order valence-electron chi connectivity index (χ4n) is 10.3. The number of hydrogen-bond acceptors (Lipinski definition) is 4. The van der Waals surface area contributed by atoms with Gasteiger partial charge in [0.15, 0.2) is 17.5 Å². The lowest BCUT2D eigenvalue weighted by Gasteiger charge is -2.30. The maximum atomic E-state index is 5.30. The van der Waals surface area contributed by atoms with Gasteiger partial charge in [-0.1, -0.05) is 188 Å². The Hall–Kier alpha value is -7.79. The average Bonchev–Trinajstić information content (AvgIpc) is 3.98. The molecule has 0 N–H and O–H groups in total. The topological polar surface area (TPSA) is 38.7 Å². The largest absolute Gasteiger partial charge is 0.208 e. The molecule has 1 spiro atoms. The number of aromatic nitrogens is 3. The third-order valence-electron chi connectivity index (χ3n) is 13.0. The van der Waals surface area contributed by atoms with Crippen molar-refractivity contribution in [1.82, 2.24) is 15.0 Å². The van der Waals surface area contributed by atoms with Crippen molar-refractivity contribution in [1.29, 1.82) is 0 Å². The normalized spacial score (nSPS) is 13.0. The lowest BCUT2D eigenvalue weighted by Crippen LogP contribution is -2.25. The van der Waals surface area contributed by atoms with Gasteiger partial charge in [0, 0.05) is 36.9 Å². The van der Waals surface area contributed by atoms with Crippen molar-refractivity contribution in [2.24, 2.45) is 0 Å². The first-order valence-electron chi connectivity index (χ1n) is 21.1. The fraction of sp³-hybridized carbons (Fsp3) is 0.0172. The van der Waals surface area contributed by atoms with Gasteiger partial charge in [-0.25, -0.2) is 15.0 Å². The van der Waals surface area contributed by atoms with Crippen LogP contribution in [0.5, 0.6) is 0 Å². The highest BCUT2D eigenvalue weighted by Gasteiger charge is 2.51. The monoisotopic (exact) mass is 805 g/mol. The third-order valence-corrected chi connectivity index (χ3v) is 14.1. The van der Waals surface area contributed by atoms with Crippen LogP contribution in [0.2, 0.25) is 0 Å². The minimum atomic E-state index is -0.386. The predicted octanol–water partition coefficient (Wildman–Crippen LogP) is 14.9. The van der Waals surface area contributed by atoms with E-state index in [2.05, 4.69) is 194 Å². The van der Waals surface area contributed by atoms with Gasteiger partial charge in [0.05, 0.1) is 5.41 Å². The number of rotatable bonds is 5. The lowest BCUT2D eigenvalue weighted by molar-refractivity contribution is 0.794. The zero-order valence-electron chi connectivity index (χ0n) is 33.5. The molecule has 4 heteroatoms. The van der Waals surface area contributed by atoms with E-state index in [9.17, 15) is 0 Å². The van der Waals surface area contributed by atoms with Crippen molar-refractivity contribution >= 4 is 31.5 Å². The molecule has 2 heterocycles. The number of benzene rings is 9. The molecule has 2 aliphatic rings. The van der Waals surface area contributed by atoms with Crippen molar-refractivity contribution in [2.45, 2.75) is 5.41 Å². The summed E-state index contributed by atoms with van der Waals surface area (Å²) in [6, 6.07) is 76.8. The second kappa shape index (κ2) is 13.6. The Kier molecular flexibility index (Phi) is 7.69. The minimum Gasteiger partial charge on any atom is -0.208 e. The van der Waals surface area contributed by atoms with E-state index in [1.54, 1.807) is 0 Å². The smallest absolute Gasteiger partial charge is 0.164 e. The second-order valence-electron chi connectivity index (χ2n) is 16.3. The van der Waals surface area contributed by atoms with Crippen LogP contribution in [0.25, 0.3) is 98.8 Å². The van der Waals surface area contributed by atoms with Gasteiger partial charge in [-0.2, -0.15) is 0 Å². The molecule has 2 aliphatic carbocycles. The van der Waals surface area contributed by atoms with Gasteiger partial charge in [0.2, 0.25) is 0 Å². The van der Waals surface area contributed by atoms with Crippen LogP contribution in [0.15, 0.2) is 212 Å². The molecule has 0 fully saturated rings. The van der Waals surface area contributed by atoms with Crippen molar-refractivity contribution in [3.8, 4) is 78.7 Å². The number of thiophene rings is 1. The quantitative estimate of drug-likeness (QED) is 0.174. The highest BCUT2D eigenvalue weighted by Crippen LogP contribution is 2.63. The molecule has 3 nitrogen and oxygen atoms in total. The van der Waals surface area contributed by atoms with E-state index in [1.165, 1.54) is 70.2 Å².